The van der Waals surface area contributed by atoms with Gasteiger partial charge in [0.1, 0.15) is 11.3 Å². The summed E-state index contributed by atoms with van der Waals surface area (Å²) in [6.07, 6.45) is 0. The second-order valence-electron chi connectivity index (χ2n) is 6.19. The van der Waals surface area contributed by atoms with Crippen molar-refractivity contribution >= 4 is 11.0 Å². The molecule has 3 aliphatic rings. The number of fused-ring (bicyclic) bond motifs is 4. The van der Waals surface area contributed by atoms with Gasteiger partial charge in [0.2, 0.25) is 0 Å². The lowest BCUT2D eigenvalue weighted by Gasteiger charge is -2.49. The Bertz CT molecular complexity index is 645. The van der Waals surface area contributed by atoms with E-state index in [1.54, 1.807) is 0 Å². The van der Waals surface area contributed by atoms with Gasteiger partial charge in [-0.15, -0.1) is 0 Å². The SMILES string of the molecule is Cc1cccc2cc(C(NN)C3CN4CCN3CC4)oc12. The number of furan rings is 1. The molecule has 21 heavy (non-hydrogen) atoms. The molecule has 0 radical (unpaired) electrons. The molecule has 3 fully saturated rings. The van der Waals surface area contributed by atoms with Crippen molar-refractivity contribution < 1.29 is 4.42 Å². The van der Waals surface area contributed by atoms with Crippen LogP contribution in [-0.4, -0.2) is 48.6 Å². The van der Waals surface area contributed by atoms with Crippen LogP contribution in [0.3, 0.4) is 0 Å². The normalized spacial score (nSPS) is 29.9. The lowest BCUT2D eigenvalue weighted by atomic mass is 9.98. The van der Waals surface area contributed by atoms with Gasteiger partial charge < -0.3 is 4.42 Å². The first-order chi connectivity index (χ1) is 10.3. The maximum atomic E-state index is 6.13. The second kappa shape index (κ2) is 5.10. The lowest BCUT2D eigenvalue weighted by molar-refractivity contribution is -0.00668. The highest BCUT2D eigenvalue weighted by molar-refractivity contribution is 5.81. The summed E-state index contributed by atoms with van der Waals surface area (Å²) in [5.74, 6) is 6.82. The fraction of sp³-hybridized carbons (Fsp3) is 0.500. The maximum absolute atomic E-state index is 6.13. The van der Waals surface area contributed by atoms with Crippen LogP contribution in [0.5, 0.6) is 0 Å². The summed E-state index contributed by atoms with van der Waals surface area (Å²) in [5.41, 5.74) is 5.14. The van der Waals surface area contributed by atoms with Gasteiger partial charge >= 0.3 is 0 Å². The van der Waals surface area contributed by atoms with Crippen LogP contribution in [0.1, 0.15) is 17.4 Å². The smallest absolute Gasteiger partial charge is 0.137 e. The summed E-state index contributed by atoms with van der Waals surface area (Å²) in [5, 5.41) is 1.15. The molecule has 1 aromatic heterocycles. The molecular formula is C16H22N4O. The Morgan fingerprint density at radius 3 is 2.71 bits per heavy atom. The fourth-order valence-electron chi connectivity index (χ4n) is 3.74. The fourth-order valence-corrected chi connectivity index (χ4v) is 3.74. The lowest BCUT2D eigenvalue weighted by Crippen LogP contribution is -2.64. The van der Waals surface area contributed by atoms with Crippen LogP contribution in [0.4, 0.5) is 0 Å². The molecule has 1 aromatic carbocycles. The molecule has 2 atom stereocenters. The minimum absolute atomic E-state index is 0.0416. The van der Waals surface area contributed by atoms with E-state index in [1.807, 2.05) is 0 Å². The van der Waals surface area contributed by atoms with Crippen LogP contribution >= 0.6 is 0 Å². The summed E-state index contributed by atoms with van der Waals surface area (Å²) in [4.78, 5) is 5.05. The Morgan fingerprint density at radius 1 is 1.29 bits per heavy atom. The number of para-hydroxylation sites is 1. The van der Waals surface area contributed by atoms with Crippen molar-refractivity contribution in [1.29, 1.82) is 0 Å². The van der Waals surface area contributed by atoms with Crippen molar-refractivity contribution in [2.24, 2.45) is 5.84 Å². The number of rotatable bonds is 3. The molecule has 5 nitrogen and oxygen atoms in total. The second-order valence-corrected chi connectivity index (χ2v) is 6.19. The molecule has 0 amide bonds. The molecule has 0 saturated carbocycles. The summed E-state index contributed by atoms with van der Waals surface area (Å²) in [6.45, 7) is 7.74. The molecular weight excluding hydrogens is 264 g/mol. The topological polar surface area (TPSA) is 57.7 Å². The highest BCUT2D eigenvalue weighted by atomic mass is 16.3. The standard InChI is InChI=1S/C16H22N4O/c1-11-3-2-4-12-9-14(21-16(11)12)15(18-17)13-10-19-5-7-20(13)8-6-19/h2-4,9,13,15,18H,5-8,10,17H2,1H3. The zero-order valence-electron chi connectivity index (χ0n) is 12.4. The number of nitrogens with two attached hydrogens (primary N) is 1. The first kappa shape index (κ1) is 13.3. The highest BCUT2D eigenvalue weighted by Gasteiger charge is 2.38. The summed E-state index contributed by atoms with van der Waals surface area (Å²) < 4.78 is 6.13. The zero-order chi connectivity index (χ0) is 14.4. The first-order valence-electron chi connectivity index (χ1n) is 7.68. The number of hydrogen-bond acceptors (Lipinski definition) is 5. The molecule has 3 saturated heterocycles. The third kappa shape index (κ3) is 2.17. The zero-order valence-corrected chi connectivity index (χ0v) is 12.4. The van der Waals surface area contributed by atoms with Gasteiger partial charge in [-0.05, 0) is 18.6 Å². The number of hydrogen-bond donors (Lipinski definition) is 2. The molecule has 2 bridgehead atoms. The van der Waals surface area contributed by atoms with Crippen molar-refractivity contribution in [2.45, 2.75) is 19.0 Å². The Hall–Kier alpha value is -1.40. The van der Waals surface area contributed by atoms with E-state index in [-0.39, 0.29) is 6.04 Å². The largest absolute Gasteiger partial charge is 0.459 e. The quantitative estimate of drug-likeness (QED) is 0.657. The predicted molar refractivity (Wildman–Crippen MR) is 82.8 cm³/mol. The first-order valence-corrected chi connectivity index (χ1v) is 7.68. The van der Waals surface area contributed by atoms with E-state index in [4.69, 9.17) is 10.3 Å². The van der Waals surface area contributed by atoms with Gasteiger partial charge in [0, 0.05) is 44.2 Å². The highest BCUT2D eigenvalue weighted by Crippen LogP contribution is 2.31. The van der Waals surface area contributed by atoms with Crippen LogP contribution in [0.2, 0.25) is 0 Å². The number of nitrogens with zero attached hydrogens (tertiary/aromatic N) is 2. The molecule has 3 N–H and O–H groups in total. The van der Waals surface area contributed by atoms with E-state index >= 15 is 0 Å². The molecule has 2 aromatic rings. The van der Waals surface area contributed by atoms with Crippen LogP contribution < -0.4 is 11.3 Å². The number of piperazine rings is 3. The minimum atomic E-state index is 0.0416. The third-order valence-electron chi connectivity index (χ3n) is 4.95. The van der Waals surface area contributed by atoms with Gasteiger partial charge in [-0.3, -0.25) is 15.6 Å². The van der Waals surface area contributed by atoms with Crippen LogP contribution in [0.25, 0.3) is 11.0 Å². The number of benzene rings is 1. The summed E-state index contributed by atoms with van der Waals surface area (Å²) in [7, 11) is 0. The third-order valence-corrected chi connectivity index (χ3v) is 4.95. The molecule has 2 unspecified atom stereocenters. The monoisotopic (exact) mass is 286 g/mol. The van der Waals surface area contributed by atoms with Gasteiger partial charge in [0.25, 0.3) is 0 Å². The van der Waals surface area contributed by atoms with E-state index in [0.717, 1.165) is 36.4 Å². The molecule has 0 aliphatic carbocycles. The number of hydrazine groups is 1. The Balaban J connectivity index is 1.69. The predicted octanol–water partition coefficient (Wildman–Crippen LogP) is 1.25. The summed E-state index contributed by atoms with van der Waals surface area (Å²) >= 11 is 0. The molecule has 0 spiro atoms. The number of aryl methyl sites for hydroxylation is 1. The van der Waals surface area contributed by atoms with E-state index in [0.29, 0.717) is 6.04 Å². The Kier molecular flexibility index (Phi) is 3.23. The van der Waals surface area contributed by atoms with Crippen molar-refractivity contribution in [3.63, 3.8) is 0 Å². The Morgan fingerprint density at radius 2 is 2.10 bits per heavy atom. The van der Waals surface area contributed by atoms with E-state index < -0.39 is 0 Å². The van der Waals surface area contributed by atoms with Crippen LogP contribution in [0, 0.1) is 6.92 Å². The minimum Gasteiger partial charge on any atom is -0.459 e. The van der Waals surface area contributed by atoms with Crippen molar-refractivity contribution in [3.8, 4) is 0 Å². The summed E-state index contributed by atoms with van der Waals surface area (Å²) in [6, 6.07) is 8.81. The molecule has 3 aliphatic heterocycles. The van der Waals surface area contributed by atoms with Gasteiger partial charge in [0.15, 0.2) is 0 Å². The Labute approximate surface area is 124 Å². The van der Waals surface area contributed by atoms with E-state index in [2.05, 4.69) is 46.4 Å². The van der Waals surface area contributed by atoms with Crippen LogP contribution in [0.15, 0.2) is 28.7 Å². The van der Waals surface area contributed by atoms with Crippen molar-refractivity contribution in [3.05, 3.63) is 35.6 Å². The molecule has 112 valence electrons. The average Bonchev–Trinajstić information content (AvgIpc) is 2.95. The van der Waals surface area contributed by atoms with Gasteiger partial charge in [-0.2, -0.15) is 0 Å². The molecule has 4 heterocycles. The van der Waals surface area contributed by atoms with Crippen molar-refractivity contribution in [1.82, 2.24) is 15.2 Å². The van der Waals surface area contributed by atoms with Gasteiger partial charge in [-0.25, -0.2) is 5.43 Å². The van der Waals surface area contributed by atoms with Gasteiger partial charge in [-0.1, -0.05) is 18.2 Å². The molecule has 5 heteroatoms. The van der Waals surface area contributed by atoms with Gasteiger partial charge in [0.05, 0.1) is 6.04 Å². The average molecular weight is 286 g/mol. The van der Waals surface area contributed by atoms with E-state index in [9.17, 15) is 0 Å². The number of nitrogens with one attached hydrogen (secondary N) is 1. The maximum Gasteiger partial charge on any atom is 0.137 e. The van der Waals surface area contributed by atoms with Crippen molar-refractivity contribution in [2.75, 3.05) is 32.7 Å². The molecule has 5 rings (SSSR count). The van der Waals surface area contributed by atoms with Crippen LogP contribution in [-0.2, 0) is 0 Å². The van der Waals surface area contributed by atoms with E-state index in [1.165, 1.54) is 18.7 Å².